The molecule has 1 N–H and O–H groups in total. The predicted octanol–water partition coefficient (Wildman–Crippen LogP) is 4.22. The van der Waals surface area contributed by atoms with Gasteiger partial charge < -0.3 is 5.32 Å². The van der Waals surface area contributed by atoms with E-state index in [4.69, 9.17) is 28.5 Å². The Morgan fingerprint density at radius 2 is 2.05 bits per heavy atom. The van der Waals surface area contributed by atoms with E-state index in [9.17, 15) is 0 Å². The second kappa shape index (κ2) is 6.60. The summed E-state index contributed by atoms with van der Waals surface area (Å²) < 4.78 is 0. The van der Waals surface area contributed by atoms with Crippen LogP contribution in [0.15, 0.2) is 30.3 Å². The number of halogens is 2. The average molecular weight is 306 g/mol. The molecule has 102 valence electrons. The smallest absolute Gasteiger partial charge is 0.127 e. The SMILES string of the molecule is Cc1cc(C#N)cc(NCCc2ccc(Cl)cc2Cl)n1. The lowest BCUT2D eigenvalue weighted by atomic mass is 10.1. The van der Waals surface area contributed by atoms with Crippen molar-refractivity contribution in [3.8, 4) is 6.07 Å². The van der Waals surface area contributed by atoms with Crippen LogP contribution in [0, 0.1) is 18.3 Å². The quantitative estimate of drug-likeness (QED) is 0.920. The molecule has 1 aromatic carbocycles. The van der Waals surface area contributed by atoms with Gasteiger partial charge in [0.15, 0.2) is 0 Å². The number of aromatic nitrogens is 1. The molecule has 0 saturated carbocycles. The van der Waals surface area contributed by atoms with Crippen LogP contribution in [0.4, 0.5) is 5.82 Å². The molecular formula is C15H13Cl2N3. The molecule has 20 heavy (non-hydrogen) atoms. The molecule has 0 amide bonds. The fourth-order valence-corrected chi connectivity index (χ4v) is 2.38. The lowest BCUT2D eigenvalue weighted by Crippen LogP contribution is -2.07. The molecule has 0 saturated heterocycles. The Balaban J connectivity index is 1.99. The standard InChI is InChI=1S/C15H13Cl2N3/c1-10-6-11(9-18)7-15(20-10)19-5-4-12-2-3-13(16)8-14(12)17/h2-3,6-8H,4-5H2,1H3,(H,19,20). The van der Waals surface area contributed by atoms with Crippen molar-refractivity contribution in [2.45, 2.75) is 13.3 Å². The van der Waals surface area contributed by atoms with Gasteiger partial charge in [0, 0.05) is 22.3 Å². The highest BCUT2D eigenvalue weighted by Crippen LogP contribution is 2.21. The zero-order valence-electron chi connectivity index (χ0n) is 11.0. The number of nitrogens with one attached hydrogen (secondary N) is 1. The Bertz CT molecular complexity index is 663. The van der Waals surface area contributed by atoms with Gasteiger partial charge in [-0.1, -0.05) is 29.3 Å². The first kappa shape index (κ1) is 14.6. The van der Waals surface area contributed by atoms with Gasteiger partial charge in [-0.25, -0.2) is 4.98 Å². The summed E-state index contributed by atoms with van der Waals surface area (Å²) in [5, 5.41) is 13.4. The van der Waals surface area contributed by atoms with Crippen LogP contribution in [-0.4, -0.2) is 11.5 Å². The van der Waals surface area contributed by atoms with Gasteiger partial charge in [-0.3, -0.25) is 0 Å². The van der Waals surface area contributed by atoms with Crippen molar-refractivity contribution in [2.75, 3.05) is 11.9 Å². The molecule has 0 unspecified atom stereocenters. The van der Waals surface area contributed by atoms with Crippen molar-refractivity contribution < 1.29 is 0 Å². The Hall–Kier alpha value is -1.76. The van der Waals surface area contributed by atoms with Crippen molar-refractivity contribution in [3.05, 3.63) is 57.2 Å². The zero-order valence-corrected chi connectivity index (χ0v) is 12.5. The average Bonchev–Trinajstić information content (AvgIpc) is 2.40. The Labute approximate surface area is 128 Å². The van der Waals surface area contributed by atoms with Gasteiger partial charge in [0.1, 0.15) is 5.82 Å². The van der Waals surface area contributed by atoms with E-state index >= 15 is 0 Å². The van der Waals surface area contributed by atoms with E-state index in [1.807, 2.05) is 19.1 Å². The zero-order chi connectivity index (χ0) is 14.5. The molecule has 0 radical (unpaired) electrons. The first-order valence-corrected chi connectivity index (χ1v) is 6.90. The van der Waals surface area contributed by atoms with Gasteiger partial charge in [-0.05, 0) is 43.2 Å². The Morgan fingerprint density at radius 1 is 1.25 bits per heavy atom. The van der Waals surface area contributed by atoms with Crippen molar-refractivity contribution in [3.63, 3.8) is 0 Å². The lowest BCUT2D eigenvalue weighted by Gasteiger charge is -2.08. The highest BCUT2D eigenvalue weighted by Gasteiger charge is 2.03. The van der Waals surface area contributed by atoms with E-state index in [0.29, 0.717) is 28.0 Å². The molecule has 0 aliphatic rings. The van der Waals surface area contributed by atoms with Crippen LogP contribution in [0.25, 0.3) is 0 Å². The fourth-order valence-electron chi connectivity index (χ4n) is 1.87. The summed E-state index contributed by atoms with van der Waals surface area (Å²) in [7, 11) is 0. The number of anilines is 1. The molecule has 0 atom stereocenters. The highest BCUT2D eigenvalue weighted by atomic mass is 35.5. The van der Waals surface area contributed by atoms with Crippen LogP contribution in [0.5, 0.6) is 0 Å². The van der Waals surface area contributed by atoms with Gasteiger partial charge in [0.25, 0.3) is 0 Å². The largest absolute Gasteiger partial charge is 0.370 e. The third-order valence-electron chi connectivity index (χ3n) is 2.80. The fraction of sp³-hybridized carbons (Fsp3) is 0.200. The number of nitriles is 1. The second-order valence-corrected chi connectivity index (χ2v) is 5.25. The molecule has 2 aromatic rings. The van der Waals surface area contributed by atoms with Crippen LogP contribution in [0.1, 0.15) is 16.8 Å². The summed E-state index contributed by atoms with van der Waals surface area (Å²) in [6, 6.07) is 11.1. The molecule has 0 spiro atoms. The summed E-state index contributed by atoms with van der Waals surface area (Å²) in [5.41, 5.74) is 2.44. The van der Waals surface area contributed by atoms with Gasteiger partial charge in [0.2, 0.25) is 0 Å². The Morgan fingerprint density at radius 3 is 2.75 bits per heavy atom. The van der Waals surface area contributed by atoms with E-state index in [1.165, 1.54) is 0 Å². The molecule has 0 fully saturated rings. The summed E-state index contributed by atoms with van der Waals surface area (Å²) in [4.78, 5) is 4.33. The topological polar surface area (TPSA) is 48.7 Å². The molecule has 0 bridgehead atoms. The van der Waals surface area contributed by atoms with Crippen molar-refractivity contribution >= 4 is 29.0 Å². The van der Waals surface area contributed by atoms with Crippen LogP contribution in [0.3, 0.4) is 0 Å². The van der Waals surface area contributed by atoms with Crippen LogP contribution < -0.4 is 5.32 Å². The molecule has 1 heterocycles. The third kappa shape index (κ3) is 3.86. The van der Waals surface area contributed by atoms with Crippen LogP contribution >= 0.6 is 23.2 Å². The van der Waals surface area contributed by atoms with Gasteiger partial charge in [-0.15, -0.1) is 0 Å². The number of pyridine rings is 1. The number of hydrogen-bond acceptors (Lipinski definition) is 3. The first-order valence-electron chi connectivity index (χ1n) is 6.15. The minimum atomic E-state index is 0.601. The van der Waals surface area contributed by atoms with Crippen molar-refractivity contribution in [1.82, 2.24) is 4.98 Å². The highest BCUT2D eigenvalue weighted by molar-refractivity contribution is 6.35. The van der Waals surface area contributed by atoms with E-state index in [2.05, 4.69) is 16.4 Å². The molecule has 2 rings (SSSR count). The van der Waals surface area contributed by atoms with E-state index in [1.54, 1.807) is 18.2 Å². The van der Waals surface area contributed by atoms with E-state index < -0.39 is 0 Å². The maximum Gasteiger partial charge on any atom is 0.127 e. The molecule has 0 aliphatic carbocycles. The number of rotatable bonds is 4. The van der Waals surface area contributed by atoms with Gasteiger partial charge in [-0.2, -0.15) is 5.26 Å². The minimum absolute atomic E-state index is 0.601. The maximum absolute atomic E-state index is 8.92. The second-order valence-electron chi connectivity index (χ2n) is 4.41. The summed E-state index contributed by atoms with van der Waals surface area (Å²) in [6.45, 7) is 2.55. The van der Waals surface area contributed by atoms with Crippen molar-refractivity contribution in [2.24, 2.45) is 0 Å². The molecule has 5 heteroatoms. The van der Waals surface area contributed by atoms with Gasteiger partial charge >= 0.3 is 0 Å². The number of hydrogen-bond donors (Lipinski definition) is 1. The summed E-state index contributed by atoms with van der Waals surface area (Å²) in [5.74, 6) is 0.701. The lowest BCUT2D eigenvalue weighted by molar-refractivity contribution is 1.00. The normalized spacial score (nSPS) is 10.1. The van der Waals surface area contributed by atoms with Gasteiger partial charge in [0.05, 0.1) is 11.6 Å². The molecule has 0 aliphatic heterocycles. The van der Waals surface area contributed by atoms with E-state index in [0.717, 1.165) is 17.7 Å². The first-order chi connectivity index (χ1) is 9.58. The Kier molecular flexibility index (Phi) is 4.84. The number of benzene rings is 1. The minimum Gasteiger partial charge on any atom is -0.370 e. The number of nitrogens with zero attached hydrogens (tertiary/aromatic N) is 2. The third-order valence-corrected chi connectivity index (χ3v) is 3.39. The molecule has 1 aromatic heterocycles. The predicted molar refractivity (Wildman–Crippen MR) is 82.3 cm³/mol. The summed E-state index contributed by atoms with van der Waals surface area (Å²) >= 11 is 12.0. The van der Waals surface area contributed by atoms with Crippen LogP contribution in [0.2, 0.25) is 10.0 Å². The van der Waals surface area contributed by atoms with Crippen molar-refractivity contribution in [1.29, 1.82) is 5.26 Å². The number of aryl methyl sites for hydroxylation is 1. The molecular weight excluding hydrogens is 293 g/mol. The monoisotopic (exact) mass is 305 g/mol. The van der Waals surface area contributed by atoms with Crippen LogP contribution in [-0.2, 0) is 6.42 Å². The molecule has 3 nitrogen and oxygen atoms in total. The summed E-state index contributed by atoms with van der Waals surface area (Å²) in [6.07, 6.45) is 0.757. The van der Waals surface area contributed by atoms with E-state index in [-0.39, 0.29) is 0 Å². The maximum atomic E-state index is 8.92.